The number of hydrogen-bond donors (Lipinski definition) is 1. The van der Waals surface area contributed by atoms with Gasteiger partial charge in [0.2, 0.25) is 0 Å². The van der Waals surface area contributed by atoms with Crippen LogP contribution in [-0.4, -0.2) is 23.3 Å². The molecule has 98 valence electrons. The summed E-state index contributed by atoms with van der Waals surface area (Å²) in [7, 11) is 0. The fourth-order valence-corrected chi connectivity index (χ4v) is 2.16. The average Bonchev–Trinajstić information content (AvgIpc) is 3.12. The van der Waals surface area contributed by atoms with Gasteiger partial charge in [-0.15, -0.1) is 0 Å². The van der Waals surface area contributed by atoms with Gasteiger partial charge in [-0.25, -0.2) is 4.79 Å². The Kier molecular flexibility index (Phi) is 4.25. The Morgan fingerprint density at radius 1 is 1.28 bits per heavy atom. The lowest BCUT2D eigenvalue weighted by atomic mass is 10.0. The molecular formula is C14H17ClO3. The van der Waals surface area contributed by atoms with Gasteiger partial charge in [-0.2, -0.15) is 0 Å². The van der Waals surface area contributed by atoms with E-state index >= 15 is 0 Å². The zero-order valence-electron chi connectivity index (χ0n) is 10.2. The number of halogens is 1. The van der Waals surface area contributed by atoms with Gasteiger partial charge < -0.3 is 9.84 Å². The van der Waals surface area contributed by atoms with Crippen molar-refractivity contribution in [1.29, 1.82) is 0 Å². The lowest BCUT2D eigenvalue weighted by Crippen LogP contribution is -2.23. The molecule has 1 atom stereocenters. The van der Waals surface area contributed by atoms with E-state index in [0.717, 1.165) is 30.7 Å². The Labute approximate surface area is 112 Å². The number of aliphatic carboxylic acids is 1. The zero-order chi connectivity index (χ0) is 13.0. The highest BCUT2D eigenvalue weighted by Crippen LogP contribution is 2.33. The predicted octanol–water partition coefficient (Wildman–Crippen LogP) is 3.30. The van der Waals surface area contributed by atoms with Gasteiger partial charge in [0, 0.05) is 5.02 Å². The molecule has 1 saturated heterocycles. The molecule has 0 spiro atoms. The number of hydrogen-bond acceptors (Lipinski definition) is 2. The third-order valence-electron chi connectivity index (χ3n) is 3.34. The molecule has 0 aromatic heterocycles. The first-order valence-electron chi connectivity index (χ1n) is 6.24. The van der Waals surface area contributed by atoms with Crippen LogP contribution in [0.3, 0.4) is 0 Å². The first kappa shape index (κ1) is 13.4. The molecule has 1 unspecified atom stereocenters. The Morgan fingerprint density at radius 2 is 1.94 bits per heavy atom. The highest BCUT2D eigenvalue weighted by Gasteiger charge is 2.51. The third-order valence-corrected chi connectivity index (χ3v) is 3.59. The standard InChI is InChI=1S/C14H17ClO3/c15-12-7-5-11(6-8-12)4-2-1-3-9-14(10-18-14)13(16)17/h5-8H,1-4,9-10H2,(H,16,17). The van der Waals surface area contributed by atoms with Crippen LogP contribution in [0, 0.1) is 0 Å². The van der Waals surface area contributed by atoms with Crippen LogP contribution in [0.2, 0.25) is 5.02 Å². The van der Waals surface area contributed by atoms with Crippen molar-refractivity contribution in [3.05, 3.63) is 34.9 Å². The minimum absolute atomic E-state index is 0.375. The van der Waals surface area contributed by atoms with E-state index in [1.807, 2.05) is 24.3 Å². The minimum Gasteiger partial charge on any atom is -0.479 e. The molecule has 1 aliphatic rings. The number of carboxylic acids is 1. The molecule has 4 heteroatoms. The van der Waals surface area contributed by atoms with Gasteiger partial charge in [0.1, 0.15) is 0 Å². The number of benzene rings is 1. The molecule has 1 aromatic rings. The molecule has 2 rings (SSSR count). The van der Waals surface area contributed by atoms with Crippen molar-refractivity contribution in [2.75, 3.05) is 6.61 Å². The van der Waals surface area contributed by atoms with E-state index in [2.05, 4.69) is 0 Å². The molecule has 1 N–H and O–H groups in total. The van der Waals surface area contributed by atoms with E-state index in [1.54, 1.807) is 0 Å². The number of ether oxygens (including phenoxy) is 1. The van der Waals surface area contributed by atoms with Gasteiger partial charge in [-0.05, 0) is 43.4 Å². The van der Waals surface area contributed by atoms with Crippen molar-refractivity contribution >= 4 is 17.6 Å². The van der Waals surface area contributed by atoms with E-state index < -0.39 is 11.6 Å². The summed E-state index contributed by atoms with van der Waals surface area (Å²) in [5.41, 5.74) is 0.426. The SMILES string of the molecule is O=C(O)C1(CCCCCc2ccc(Cl)cc2)CO1. The van der Waals surface area contributed by atoms with Crippen LogP contribution >= 0.6 is 11.6 Å². The lowest BCUT2D eigenvalue weighted by molar-refractivity contribution is -0.143. The second-order valence-electron chi connectivity index (χ2n) is 4.78. The molecule has 1 heterocycles. The minimum atomic E-state index is -0.847. The van der Waals surface area contributed by atoms with Crippen LogP contribution in [0.4, 0.5) is 0 Å². The largest absolute Gasteiger partial charge is 0.479 e. The molecule has 1 fully saturated rings. The summed E-state index contributed by atoms with van der Waals surface area (Å²) in [4.78, 5) is 10.9. The summed E-state index contributed by atoms with van der Waals surface area (Å²) >= 11 is 5.81. The molecule has 0 saturated carbocycles. The van der Waals surface area contributed by atoms with Crippen LogP contribution in [0.1, 0.15) is 31.2 Å². The summed E-state index contributed by atoms with van der Waals surface area (Å²) < 4.78 is 5.02. The van der Waals surface area contributed by atoms with Gasteiger partial charge in [-0.3, -0.25) is 0 Å². The smallest absolute Gasteiger partial charge is 0.338 e. The summed E-state index contributed by atoms with van der Waals surface area (Å²) in [5.74, 6) is -0.819. The lowest BCUT2D eigenvalue weighted by Gasteiger charge is -2.06. The molecule has 0 aliphatic carbocycles. The maximum absolute atomic E-state index is 10.9. The number of carboxylic acid groups (broad SMARTS) is 1. The van der Waals surface area contributed by atoms with Gasteiger partial charge >= 0.3 is 5.97 Å². The third kappa shape index (κ3) is 3.47. The number of carbonyl (C=O) groups is 1. The van der Waals surface area contributed by atoms with Crippen molar-refractivity contribution in [3.8, 4) is 0 Å². The monoisotopic (exact) mass is 268 g/mol. The first-order valence-corrected chi connectivity index (χ1v) is 6.62. The van der Waals surface area contributed by atoms with E-state index in [9.17, 15) is 4.79 Å². The van der Waals surface area contributed by atoms with Gasteiger partial charge in [-0.1, -0.05) is 30.2 Å². The normalized spacial score (nSPS) is 21.8. The van der Waals surface area contributed by atoms with Crippen molar-refractivity contribution in [3.63, 3.8) is 0 Å². The topological polar surface area (TPSA) is 49.8 Å². The Bertz CT molecular complexity index is 410. The van der Waals surface area contributed by atoms with E-state index in [-0.39, 0.29) is 0 Å². The summed E-state index contributed by atoms with van der Waals surface area (Å²) in [6, 6.07) is 7.86. The molecule has 18 heavy (non-hydrogen) atoms. The number of unbranched alkanes of at least 4 members (excludes halogenated alkanes) is 2. The van der Waals surface area contributed by atoms with Crippen molar-refractivity contribution in [1.82, 2.24) is 0 Å². The zero-order valence-corrected chi connectivity index (χ0v) is 10.9. The molecule has 0 radical (unpaired) electrons. The molecular weight excluding hydrogens is 252 g/mol. The fraction of sp³-hybridized carbons (Fsp3) is 0.500. The van der Waals surface area contributed by atoms with Crippen LogP contribution in [0.25, 0.3) is 0 Å². The molecule has 0 amide bonds. The Hall–Kier alpha value is -1.06. The van der Waals surface area contributed by atoms with E-state index in [0.29, 0.717) is 13.0 Å². The van der Waals surface area contributed by atoms with Crippen LogP contribution in [-0.2, 0) is 16.0 Å². The van der Waals surface area contributed by atoms with Crippen LogP contribution < -0.4 is 0 Å². The van der Waals surface area contributed by atoms with Gasteiger partial charge in [0.05, 0.1) is 6.61 Å². The Balaban J connectivity index is 1.62. The number of rotatable bonds is 7. The average molecular weight is 269 g/mol. The Morgan fingerprint density at radius 3 is 2.50 bits per heavy atom. The second-order valence-corrected chi connectivity index (χ2v) is 5.21. The van der Waals surface area contributed by atoms with Gasteiger partial charge in [0.15, 0.2) is 5.60 Å². The highest BCUT2D eigenvalue weighted by molar-refractivity contribution is 6.30. The first-order chi connectivity index (χ1) is 8.62. The molecule has 1 aliphatic heterocycles. The van der Waals surface area contributed by atoms with Crippen molar-refractivity contribution in [2.45, 2.75) is 37.7 Å². The summed E-state index contributed by atoms with van der Waals surface area (Å²) in [6.45, 7) is 0.375. The fourth-order valence-electron chi connectivity index (χ4n) is 2.03. The van der Waals surface area contributed by atoms with Crippen LogP contribution in [0.15, 0.2) is 24.3 Å². The summed E-state index contributed by atoms with van der Waals surface area (Å²) in [6.07, 6.45) is 4.64. The molecule has 1 aromatic carbocycles. The number of epoxide rings is 1. The highest BCUT2D eigenvalue weighted by atomic mass is 35.5. The van der Waals surface area contributed by atoms with E-state index in [4.69, 9.17) is 21.4 Å². The van der Waals surface area contributed by atoms with Crippen molar-refractivity contribution < 1.29 is 14.6 Å². The molecule has 3 nitrogen and oxygen atoms in total. The van der Waals surface area contributed by atoms with Crippen molar-refractivity contribution in [2.24, 2.45) is 0 Å². The number of aryl methyl sites for hydroxylation is 1. The maximum atomic E-state index is 10.9. The van der Waals surface area contributed by atoms with E-state index in [1.165, 1.54) is 5.56 Å². The predicted molar refractivity (Wildman–Crippen MR) is 69.9 cm³/mol. The summed E-state index contributed by atoms with van der Waals surface area (Å²) in [5, 5.41) is 9.68. The molecule has 0 bridgehead atoms. The van der Waals surface area contributed by atoms with Crippen LogP contribution in [0.5, 0.6) is 0 Å². The quantitative estimate of drug-likeness (QED) is 0.610. The maximum Gasteiger partial charge on any atom is 0.338 e. The second kappa shape index (κ2) is 5.72. The van der Waals surface area contributed by atoms with Gasteiger partial charge in [0.25, 0.3) is 0 Å².